The number of alkyl carbamates (subject to hydrolysis) is 1. The fourth-order valence-electron chi connectivity index (χ4n) is 4.27. The number of phenols is 1. The Morgan fingerprint density at radius 1 is 1.05 bits per heavy atom. The molecule has 0 radical (unpaired) electrons. The van der Waals surface area contributed by atoms with Crippen LogP contribution in [0.2, 0.25) is 0 Å². The third-order valence-corrected chi connectivity index (χ3v) is 6.19. The van der Waals surface area contributed by atoms with Crippen LogP contribution in [0.4, 0.5) is 4.79 Å². The van der Waals surface area contributed by atoms with Crippen molar-refractivity contribution in [2.75, 3.05) is 6.54 Å². The Morgan fingerprint density at radius 3 is 2.28 bits per heavy atom. The lowest BCUT2D eigenvalue weighted by Crippen LogP contribution is -2.54. The number of amides is 4. The number of aromatic hydroxyl groups is 1. The highest BCUT2D eigenvalue weighted by Crippen LogP contribution is 2.33. The number of nitrogens with one attached hydrogen (secondary N) is 2. The average Bonchev–Trinajstić information content (AvgIpc) is 2.82. The number of carbonyl (C=O) groups is 4. The topological polar surface area (TPSA) is 151 Å². The molecule has 0 aromatic heterocycles. The molecule has 3 unspecified atom stereocenters. The molecular formula is C29H48N4O6. The Kier molecular flexibility index (Phi) is 13.8. The number of hydrogen-bond donors (Lipinski definition) is 4. The number of phenolic OH excluding ortho intramolecular Hbond substituents is 1. The number of unbranched alkanes of at least 4 members (excludes halogenated alkanes) is 2. The van der Waals surface area contributed by atoms with Crippen LogP contribution in [-0.2, 0) is 19.1 Å². The molecule has 0 aliphatic heterocycles. The molecule has 220 valence electrons. The normalized spacial score (nSPS) is 13.6. The van der Waals surface area contributed by atoms with Crippen molar-refractivity contribution < 1.29 is 29.0 Å². The van der Waals surface area contributed by atoms with E-state index in [1.165, 1.54) is 4.90 Å². The summed E-state index contributed by atoms with van der Waals surface area (Å²) < 4.78 is 5.35. The van der Waals surface area contributed by atoms with Gasteiger partial charge in [-0.25, -0.2) is 4.79 Å². The molecule has 39 heavy (non-hydrogen) atoms. The monoisotopic (exact) mass is 548 g/mol. The molecular weight excluding hydrogens is 500 g/mol. The first-order chi connectivity index (χ1) is 18.2. The molecule has 4 amide bonds. The zero-order valence-corrected chi connectivity index (χ0v) is 24.6. The van der Waals surface area contributed by atoms with Gasteiger partial charge in [-0.2, -0.15) is 0 Å². The van der Waals surface area contributed by atoms with Crippen molar-refractivity contribution in [2.45, 2.75) is 117 Å². The summed E-state index contributed by atoms with van der Waals surface area (Å²) in [6, 6.07) is 2.57. The molecule has 5 N–H and O–H groups in total. The number of hydrogen-bond acceptors (Lipinski definition) is 6. The Bertz CT molecular complexity index is 975. The molecule has 3 atom stereocenters. The van der Waals surface area contributed by atoms with Crippen molar-refractivity contribution >= 4 is 23.8 Å². The number of nitrogens with two attached hydrogens (primary N) is 1. The number of benzene rings is 1. The summed E-state index contributed by atoms with van der Waals surface area (Å²) in [7, 11) is 0. The molecule has 0 aliphatic carbocycles. The summed E-state index contributed by atoms with van der Waals surface area (Å²) in [5.74, 6) is -1.71. The van der Waals surface area contributed by atoms with Crippen LogP contribution in [0.5, 0.6) is 5.75 Å². The molecule has 1 aromatic carbocycles. The zero-order valence-electron chi connectivity index (χ0n) is 24.6. The highest BCUT2D eigenvalue weighted by atomic mass is 16.6. The van der Waals surface area contributed by atoms with Gasteiger partial charge in [-0.05, 0) is 59.4 Å². The van der Waals surface area contributed by atoms with E-state index in [1.807, 2.05) is 20.8 Å². The molecule has 0 heterocycles. The molecule has 10 nitrogen and oxygen atoms in total. The van der Waals surface area contributed by atoms with Crippen LogP contribution < -0.4 is 16.4 Å². The third kappa shape index (κ3) is 11.5. The highest BCUT2D eigenvalue weighted by molar-refractivity contribution is 5.93. The van der Waals surface area contributed by atoms with Crippen LogP contribution >= 0.6 is 0 Å². The first-order valence-electron chi connectivity index (χ1n) is 13.9. The zero-order chi connectivity index (χ0) is 29.8. The van der Waals surface area contributed by atoms with E-state index in [0.717, 1.165) is 25.7 Å². The lowest BCUT2D eigenvalue weighted by Gasteiger charge is -2.35. The summed E-state index contributed by atoms with van der Waals surface area (Å²) in [5, 5.41) is 16.5. The number of primary amides is 1. The lowest BCUT2D eigenvalue weighted by atomic mass is 9.97. The summed E-state index contributed by atoms with van der Waals surface area (Å²) in [4.78, 5) is 53.5. The van der Waals surface area contributed by atoms with Gasteiger partial charge < -0.3 is 31.1 Å². The molecule has 1 rings (SSSR count). The highest BCUT2D eigenvalue weighted by Gasteiger charge is 2.37. The standard InChI is InChI=1S/C29H48N4O6/c1-8-10-11-18-33(27(37)22(16-17-23(30)34)32-28(38)39-29(5,6)7)24(26(36)31-20(4)13-9-2)21-15-12-14-19(3)25(21)35/h12,14-15,20,22,24,35H,8-11,13,16-18H2,1-7H3,(H2,30,34)(H,31,36)(H,32,38). The van der Waals surface area contributed by atoms with Gasteiger partial charge in [-0.1, -0.05) is 51.3 Å². The van der Waals surface area contributed by atoms with E-state index in [4.69, 9.17) is 10.5 Å². The number of rotatable bonds is 15. The number of aryl methyl sites for hydroxylation is 1. The van der Waals surface area contributed by atoms with Crippen molar-refractivity contribution in [1.29, 1.82) is 0 Å². The summed E-state index contributed by atoms with van der Waals surface area (Å²) in [6.45, 7) is 12.9. The van der Waals surface area contributed by atoms with Gasteiger partial charge in [0.05, 0.1) is 0 Å². The predicted octanol–water partition coefficient (Wildman–Crippen LogP) is 4.22. The quantitative estimate of drug-likeness (QED) is 0.241. The number of nitrogens with zero attached hydrogens (tertiary/aromatic N) is 1. The van der Waals surface area contributed by atoms with Gasteiger partial charge in [0.1, 0.15) is 23.4 Å². The second-order valence-corrected chi connectivity index (χ2v) is 11.1. The Balaban J connectivity index is 3.60. The number of carbonyl (C=O) groups excluding carboxylic acids is 4. The second kappa shape index (κ2) is 16.0. The van der Waals surface area contributed by atoms with E-state index in [2.05, 4.69) is 10.6 Å². The van der Waals surface area contributed by atoms with Crippen LogP contribution in [0.25, 0.3) is 0 Å². The third-order valence-electron chi connectivity index (χ3n) is 6.19. The van der Waals surface area contributed by atoms with E-state index >= 15 is 0 Å². The van der Waals surface area contributed by atoms with E-state index in [0.29, 0.717) is 12.0 Å². The fraction of sp³-hybridized carbons (Fsp3) is 0.655. The van der Waals surface area contributed by atoms with Crippen LogP contribution in [-0.4, -0.2) is 58.1 Å². The first-order valence-corrected chi connectivity index (χ1v) is 13.9. The van der Waals surface area contributed by atoms with Gasteiger partial charge in [0, 0.05) is 24.6 Å². The predicted molar refractivity (Wildman–Crippen MR) is 151 cm³/mol. The van der Waals surface area contributed by atoms with Crippen LogP contribution in [0.1, 0.15) is 104 Å². The minimum absolute atomic E-state index is 0.0714. The first kappa shape index (κ1) is 33.7. The molecule has 10 heteroatoms. The minimum Gasteiger partial charge on any atom is -0.507 e. The largest absolute Gasteiger partial charge is 0.507 e. The fourth-order valence-corrected chi connectivity index (χ4v) is 4.27. The van der Waals surface area contributed by atoms with Gasteiger partial charge >= 0.3 is 6.09 Å². The van der Waals surface area contributed by atoms with Crippen molar-refractivity contribution in [2.24, 2.45) is 5.73 Å². The van der Waals surface area contributed by atoms with Crippen molar-refractivity contribution in [1.82, 2.24) is 15.5 Å². The SMILES string of the molecule is CCCCCN(C(=O)C(CCC(N)=O)NC(=O)OC(C)(C)C)C(C(=O)NC(C)CCC)c1cccc(C)c1O. The lowest BCUT2D eigenvalue weighted by molar-refractivity contribution is -0.143. The average molecular weight is 549 g/mol. The molecule has 0 bridgehead atoms. The molecule has 0 fully saturated rings. The summed E-state index contributed by atoms with van der Waals surface area (Å²) >= 11 is 0. The maximum absolute atomic E-state index is 14.1. The van der Waals surface area contributed by atoms with Crippen molar-refractivity contribution in [3.8, 4) is 5.75 Å². The van der Waals surface area contributed by atoms with Crippen LogP contribution in [0, 0.1) is 6.92 Å². The van der Waals surface area contributed by atoms with E-state index in [1.54, 1.807) is 45.9 Å². The van der Waals surface area contributed by atoms with E-state index in [9.17, 15) is 24.3 Å². The van der Waals surface area contributed by atoms with Crippen LogP contribution in [0.3, 0.4) is 0 Å². The van der Waals surface area contributed by atoms with Crippen LogP contribution in [0.15, 0.2) is 18.2 Å². The van der Waals surface area contributed by atoms with Gasteiger partial charge in [-0.15, -0.1) is 0 Å². The molecule has 0 saturated heterocycles. The smallest absolute Gasteiger partial charge is 0.408 e. The van der Waals surface area contributed by atoms with Crippen molar-refractivity contribution in [3.05, 3.63) is 29.3 Å². The molecule has 0 spiro atoms. The number of ether oxygens (including phenoxy) is 1. The van der Waals surface area contributed by atoms with Gasteiger partial charge in [-0.3, -0.25) is 14.4 Å². The van der Waals surface area contributed by atoms with Gasteiger partial charge in [0.2, 0.25) is 17.7 Å². The molecule has 1 aromatic rings. The summed E-state index contributed by atoms with van der Waals surface area (Å²) in [5.41, 5.74) is 5.39. The van der Waals surface area contributed by atoms with Gasteiger partial charge in [0.15, 0.2) is 0 Å². The maximum atomic E-state index is 14.1. The number of para-hydroxylation sites is 1. The van der Waals surface area contributed by atoms with E-state index < -0.39 is 41.5 Å². The molecule has 0 saturated carbocycles. The minimum atomic E-state index is -1.18. The maximum Gasteiger partial charge on any atom is 0.408 e. The second-order valence-electron chi connectivity index (χ2n) is 11.1. The summed E-state index contributed by atoms with van der Waals surface area (Å²) in [6.07, 6.45) is 2.82. The van der Waals surface area contributed by atoms with Crippen molar-refractivity contribution in [3.63, 3.8) is 0 Å². The Labute approximate surface area is 233 Å². The Morgan fingerprint density at radius 2 is 1.72 bits per heavy atom. The molecule has 0 aliphatic rings. The Hall–Kier alpha value is -3.30. The van der Waals surface area contributed by atoms with E-state index in [-0.39, 0.29) is 36.7 Å². The van der Waals surface area contributed by atoms with Gasteiger partial charge in [0.25, 0.3) is 0 Å².